The molecule has 0 saturated heterocycles. The van der Waals surface area contributed by atoms with Crippen molar-refractivity contribution in [3.05, 3.63) is 59.5 Å². The summed E-state index contributed by atoms with van der Waals surface area (Å²) >= 11 is 0. The monoisotopic (exact) mass is 394 g/mol. The van der Waals surface area contributed by atoms with E-state index in [9.17, 15) is 4.39 Å². The van der Waals surface area contributed by atoms with Gasteiger partial charge in [0.1, 0.15) is 23.9 Å². The summed E-state index contributed by atoms with van der Waals surface area (Å²) in [6.07, 6.45) is 7.49. The predicted molar refractivity (Wildman–Crippen MR) is 112 cm³/mol. The van der Waals surface area contributed by atoms with Crippen LogP contribution >= 0.6 is 0 Å². The summed E-state index contributed by atoms with van der Waals surface area (Å²) in [7, 11) is 1.71. The molecule has 0 amide bonds. The number of nitrogens with one attached hydrogen (secondary N) is 2. The first-order valence-corrected chi connectivity index (χ1v) is 10.5. The Kier molecular flexibility index (Phi) is 4.92. The van der Waals surface area contributed by atoms with E-state index in [1.54, 1.807) is 13.2 Å². The van der Waals surface area contributed by atoms with Gasteiger partial charge in [0.05, 0.1) is 7.11 Å². The Morgan fingerprint density at radius 1 is 1.10 bits per heavy atom. The van der Waals surface area contributed by atoms with Crippen LogP contribution in [0.25, 0.3) is 10.9 Å². The lowest BCUT2D eigenvalue weighted by Gasteiger charge is -2.34. The third-order valence-electron chi connectivity index (χ3n) is 6.51. The lowest BCUT2D eigenvalue weighted by Crippen LogP contribution is -2.46. The first kappa shape index (κ1) is 18.5. The van der Waals surface area contributed by atoms with Gasteiger partial charge in [-0.1, -0.05) is 6.07 Å². The first-order valence-electron chi connectivity index (χ1n) is 10.5. The minimum atomic E-state index is -0.165. The molecule has 1 saturated carbocycles. The van der Waals surface area contributed by atoms with Crippen molar-refractivity contribution in [2.75, 3.05) is 13.7 Å². The number of rotatable bonds is 4. The van der Waals surface area contributed by atoms with Gasteiger partial charge >= 0.3 is 0 Å². The predicted octanol–water partition coefficient (Wildman–Crippen LogP) is 4.94. The molecule has 1 aliphatic heterocycles. The fraction of sp³-hybridized carbons (Fsp3) is 0.417. The molecule has 2 aromatic carbocycles. The molecule has 1 aromatic heterocycles. The molecule has 29 heavy (non-hydrogen) atoms. The minimum absolute atomic E-state index is 0.165. The summed E-state index contributed by atoms with van der Waals surface area (Å²) in [6, 6.07) is 11.8. The lowest BCUT2D eigenvalue weighted by molar-refractivity contribution is 0.209. The van der Waals surface area contributed by atoms with E-state index in [0.717, 1.165) is 60.1 Å². The zero-order valence-corrected chi connectivity index (χ0v) is 16.7. The van der Waals surface area contributed by atoms with Crippen LogP contribution in [0.5, 0.6) is 11.5 Å². The summed E-state index contributed by atoms with van der Waals surface area (Å²) in [5, 5.41) is 4.85. The highest BCUT2D eigenvalue weighted by Gasteiger charge is 2.28. The number of hydrogen-bond acceptors (Lipinski definition) is 3. The molecular formula is C24H27FN2O2. The summed E-state index contributed by atoms with van der Waals surface area (Å²) in [5.74, 6) is 2.18. The number of aromatic nitrogens is 1. The van der Waals surface area contributed by atoms with E-state index >= 15 is 0 Å². The molecule has 0 spiro atoms. The van der Waals surface area contributed by atoms with Gasteiger partial charge in [-0.05, 0) is 73.9 Å². The molecule has 2 N–H and O–H groups in total. The smallest absolute Gasteiger partial charge is 0.126 e. The lowest BCUT2D eigenvalue weighted by atomic mass is 9.81. The Balaban J connectivity index is 1.22. The van der Waals surface area contributed by atoms with Crippen LogP contribution in [0.3, 0.4) is 0 Å². The normalized spacial score (nSPS) is 24.1. The second-order valence-electron chi connectivity index (χ2n) is 8.30. The SMILES string of the molecule is COc1cccc2c1C[C@H](NC1CCC(c3c[nH]c4ccc(F)cc34)CC1)CO2. The van der Waals surface area contributed by atoms with Gasteiger partial charge in [0.15, 0.2) is 0 Å². The molecule has 0 bridgehead atoms. The van der Waals surface area contributed by atoms with Crippen LogP contribution in [-0.4, -0.2) is 30.8 Å². The van der Waals surface area contributed by atoms with Gasteiger partial charge < -0.3 is 19.8 Å². The number of benzene rings is 2. The Hall–Kier alpha value is -2.53. The summed E-state index contributed by atoms with van der Waals surface area (Å²) in [4.78, 5) is 3.30. The van der Waals surface area contributed by atoms with Crippen molar-refractivity contribution in [1.29, 1.82) is 0 Å². The van der Waals surface area contributed by atoms with E-state index in [1.807, 2.05) is 24.3 Å². The van der Waals surface area contributed by atoms with Crippen LogP contribution in [0.1, 0.15) is 42.7 Å². The Morgan fingerprint density at radius 2 is 1.97 bits per heavy atom. The maximum atomic E-state index is 13.7. The van der Waals surface area contributed by atoms with Crippen LogP contribution in [0.2, 0.25) is 0 Å². The van der Waals surface area contributed by atoms with E-state index in [4.69, 9.17) is 9.47 Å². The van der Waals surface area contributed by atoms with E-state index in [1.165, 1.54) is 11.6 Å². The fourth-order valence-electron chi connectivity index (χ4n) is 5.03. The molecule has 1 atom stereocenters. The molecule has 5 heteroatoms. The quantitative estimate of drug-likeness (QED) is 0.659. The average molecular weight is 394 g/mol. The van der Waals surface area contributed by atoms with Gasteiger partial charge in [-0.2, -0.15) is 0 Å². The van der Waals surface area contributed by atoms with Crippen molar-refractivity contribution in [2.24, 2.45) is 0 Å². The van der Waals surface area contributed by atoms with Crippen molar-refractivity contribution in [1.82, 2.24) is 10.3 Å². The number of H-pyrrole nitrogens is 1. The molecule has 1 aliphatic carbocycles. The average Bonchev–Trinajstić information content (AvgIpc) is 3.17. The van der Waals surface area contributed by atoms with Gasteiger partial charge in [0.2, 0.25) is 0 Å². The number of hydrogen-bond donors (Lipinski definition) is 2. The van der Waals surface area contributed by atoms with Gasteiger partial charge in [-0.25, -0.2) is 4.39 Å². The molecule has 5 rings (SSSR count). The van der Waals surface area contributed by atoms with Crippen LogP contribution in [-0.2, 0) is 6.42 Å². The second kappa shape index (κ2) is 7.71. The van der Waals surface area contributed by atoms with Gasteiger partial charge in [0, 0.05) is 34.7 Å². The molecule has 0 unspecified atom stereocenters. The number of aromatic amines is 1. The zero-order chi connectivity index (χ0) is 19.8. The van der Waals surface area contributed by atoms with E-state index in [0.29, 0.717) is 24.6 Å². The van der Waals surface area contributed by atoms with Crippen molar-refractivity contribution < 1.29 is 13.9 Å². The van der Waals surface area contributed by atoms with Crippen LogP contribution in [0.4, 0.5) is 4.39 Å². The molecular weight excluding hydrogens is 367 g/mol. The van der Waals surface area contributed by atoms with Crippen molar-refractivity contribution in [3.63, 3.8) is 0 Å². The topological polar surface area (TPSA) is 46.3 Å². The fourth-order valence-corrected chi connectivity index (χ4v) is 5.03. The van der Waals surface area contributed by atoms with Crippen LogP contribution in [0, 0.1) is 5.82 Å². The van der Waals surface area contributed by atoms with Gasteiger partial charge in [-0.15, -0.1) is 0 Å². The van der Waals surface area contributed by atoms with Crippen molar-refractivity contribution >= 4 is 10.9 Å². The number of fused-ring (bicyclic) bond motifs is 2. The summed E-state index contributed by atoms with van der Waals surface area (Å²) in [6.45, 7) is 0.696. The highest BCUT2D eigenvalue weighted by molar-refractivity contribution is 5.83. The van der Waals surface area contributed by atoms with Crippen molar-refractivity contribution in [2.45, 2.75) is 50.1 Å². The molecule has 3 aromatic rings. The number of methoxy groups -OCH3 is 1. The Morgan fingerprint density at radius 3 is 2.79 bits per heavy atom. The molecule has 1 fully saturated rings. The first-order chi connectivity index (χ1) is 14.2. The number of halogens is 1. The molecule has 152 valence electrons. The van der Waals surface area contributed by atoms with Crippen molar-refractivity contribution in [3.8, 4) is 11.5 Å². The molecule has 2 aliphatic rings. The maximum Gasteiger partial charge on any atom is 0.126 e. The summed E-state index contributed by atoms with van der Waals surface area (Å²) < 4.78 is 25.2. The third-order valence-corrected chi connectivity index (χ3v) is 6.51. The number of ether oxygens (including phenoxy) is 2. The molecule has 2 heterocycles. The Labute approximate surface area is 170 Å². The van der Waals surface area contributed by atoms with E-state index in [-0.39, 0.29) is 5.82 Å². The largest absolute Gasteiger partial charge is 0.496 e. The molecule has 4 nitrogen and oxygen atoms in total. The zero-order valence-electron chi connectivity index (χ0n) is 16.7. The summed E-state index contributed by atoms with van der Waals surface area (Å²) in [5.41, 5.74) is 3.44. The minimum Gasteiger partial charge on any atom is -0.496 e. The standard InChI is InChI=1S/C24H27FN2O2/c1-28-23-3-2-4-24-20(23)12-18(14-29-24)27-17-8-5-15(6-9-17)21-13-26-22-10-7-16(25)11-19(21)22/h2-4,7,10-11,13,15,17-18,26-27H,5-6,8-9,12,14H2,1H3/t15?,17?,18-/m0/s1. The second-order valence-corrected chi connectivity index (χ2v) is 8.30. The molecule has 0 radical (unpaired) electrons. The Bertz CT molecular complexity index is 993. The van der Waals surface area contributed by atoms with Crippen LogP contribution in [0.15, 0.2) is 42.6 Å². The van der Waals surface area contributed by atoms with Gasteiger partial charge in [-0.3, -0.25) is 0 Å². The van der Waals surface area contributed by atoms with Crippen LogP contribution < -0.4 is 14.8 Å². The highest BCUT2D eigenvalue weighted by Crippen LogP contribution is 2.38. The highest BCUT2D eigenvalue weighted by atomic mass is 19.1. The maximum absolute atomic E-state index is 13.7. The van der Waals surface area contributed by atoms with E-state index in [2.05, 4.69) is 16.5 Å². The van der Waals surface area contributed by atoms with Gasteiger partial charge in [0.25, 0.3) is 0 Å². The van der Waals surface area contributed by atoms with E-state index < -0.39 is 0 Å². The third kappa shape index (κ3) is 3.60.